The Morgan fingerprint density at radius 1 is 0.574 bits per heavy atom. The van der Waals surface area contributed by atoms with Crippen LogP contribution in [-0.2, 0) is 32.7 Å². The van der Waals surface area contributed by atoms with E-state index >= 15 is 0 Å². The summed E-state index contributed by atoms with van der Waals surface area (Å²) in [6, 6.07) is 0. The Balaban J connectivity index is 4.42. The van der Waals surface area contributed by atoms with Gasteiger partial charge in [0.25, 0.3) is 0 Å². The van der Waals surface area contributed by atoms with Gasteiger partial charge in [0.05, 0.1) is 27.7 Å². The summed E-state index contributed by atoms with van der Waals surface area (Å²) in [4.78, 5) is 35.1. The fourth-order valence-electron chi connectivity index (χ4n) is 5.31. The zero-order chi connectivity index (χ0) is 35.1. The van der Waals surface area contributed by atoms with Crippen LogP contribution >= 0.6 is 7.82 Å². The number of phosphoric acid groups is 1. The van der Waals surface area contributed by atoms with Crippen molar-refractivity contribution >= 4 is 19.8 Å². The zero-order valence-corrected chi connectivity index (χ0v) is 32.2. The maximum atomic E-state index is 12.6. The minimum absolute atomic E-state index is 0.0363. The standard InChI is InChI=1S/C37H74NO8P/c1-6-8-10-12-14-16-18-20-22-24-26-28-30-37(40)46-35(34-45-47(41,42)44-32-31-38(3,4)5)33-43-36(39)29-27-25-23-21-19-17-15-13-11-9-7-2/h35H,6-34H2,1-5H3/p+1/t35-/m1/s1. The molecule has 0 aromatic rings. The molecule has 9 nitrogen and oxygen atoms in total. The van der Waals surface area contributed by atoms with Crippen LogP contribution in [0.25, 0.3) is 0 Å². The predicted molar refractivity (Wildman–Crippen MR) is 192 cm³/mol. The molecule has 2 atom stereocenters. The highest BCUT2D eigenvalue weighted by atomic mass is 31.2. The van der Waals surface area contributed by atoms with Gasteiger partial charge in [-0.15, -0.1) is 0 Å². The average Bonchev–Trinajstić information content (AvgIpc) is 3.01. The van der Waals surface area contributed by atoms with Gasteiger partial charge < -0.3 is 18.9 Å². The Morgan fingerprint density at radius 3 is 1.36 bits per heavy atom. The second-order valence-corrected chi connectivity index (χ2v) is 15.8. The molecule has 1 N–H and O–H groups in total. The number of rotatable bonds is 35. The summed E-state index contributed by atoms with van der Waals surface area (Å²) < 4.78 is 34.1. The molecule has 10 heteroatoms. The fraction of sp³-hybridized carbons (Fsp3) is 0.946. The molecule has 0 aromatic carbocycles. The molecular formula is C37H75NO8P+. The van der Waals surface area contributed by atoms with Gasteiger partial charge in [-0.05, 0) is 12.8 Å². The molecule has 0 rings (SSSR count). The van der Waals surface area contributed by atoms with E-state index in [2.05, 4.69) is 13.8 Å². The van der Waals surface area contributed by atoms with E-state index in [9.17, 15) is 19.0 Å². The second kappa shape index (κ2) is 31.0. The SMILES string of the molecule is CCCCCCCCCCCCCCC(=O)O[C@H](COC(=O)CCCCCCCCCCCCC)COP(=O)(O)OCC[N+](C)(C)C. The van der Waals surface area contributed by atoms with Crippen LogP contribution in [0.3, 0.4) is 0 Å². The maximum absolute atomic E-state index is 12.6. The lowest BCUT2D eigenvalue weighted by Crippen LogP contribution is -2.37. The van der Waals surface area contributed by atoms with E-state index in [1.165, 1.54) is 109 Å². The van der Waals surface area contributed by atoms with Crippen molar-refractivity contribution in [1.82, 2.24) is 0 Å². The topological polar surface area (TPSA) is 108 Å². The van der Waals surface area contributed by atoms with E-state index in [-0.39, 0.29) is 25.6 Å². The van der Waals surface area contributed by atoms with Crippen LogP contribution in [0, 0.1) is 0 Å². The average molecular weight is 693 g/mol. The first-order valence-electron chi connectivity index (χ1n) is 19.3. The van der Waals surface area contributed by atoms with Crippen LogP contribution in [0.5, 0.6) is 0 Å². The number of hydrogen-bond acceptors (Lipinski definition) is 7. The van der Waals surface area contributed by atoms with Crippen LogP contribution in [0.1, 0.15) is 174 Å². The third-order valence-electron chi connectivity index (χ3n) is 8.39. The largest absolute Gasteiger partial charge is 0.472 e. The van der Waals surface area contributed by atoms with Crippen molar-refractivity contribution < 1.29 is 42.1 Å². The first kappa shape index (κ1) is 46.0. The molecule has 0 aliphatic carbocycles. The monoisotopic (exact) mass is 693 g/mol. The van der Waals surface area contributed by atoms with E-state index in [4.69, 9.17) is 18.5 Å². The Hall–Kier alpha value is -0.990. The van der Waals surface area contributed by atoms with Gasteiger partial charge in [-0.2, -0.15) is 0 Å². The highest BCUT2D eigenvalue weighted by Gasteiger charge is 2.27. The van der Waals surface area contributed by atoms with E-state index in [1.807, 2.05) is 21.1 Å². The van der Waals surface area contributed by atoms with Crippen LogP contribution in [0.15, 0.2) is 0 Å². The summed E-state index contributed by atoms with van der Waals surface area (Å²) in [5.74, 6) is -0.792. The van der Waals surface area contributed by atoms with Crippen molar-refractivity contribution in [3.05, 3.63) is 0 Å². The Morgan fingerprint density at radius 2 is 0.957 bits per heavy atom. The van der Waals surface area contributed by atoms with Crippen LogP contribution in [0.2, 0.25) is 0 Å². The lowest BCUT2D eigenvalue weighted by Gasteiger charge is -2.24. The number of carbonyl (C=O) groups excluding carboxylic acids is 2. The minimum Gasteiger partial charge on any atom is -0.462 e. The highest BCUT2D eigenvalue weighted by Crippen LogP contribution is 2.43. The molecule has 0 aromatic heterocycles. The molecule has 0 bridgehead atoms. The molecule has 0 saturated carbocycles. The van der Waals surface area contributed by atoms with Crippen LogP contribution in [0.4, 0.5) is 0 Å². The summed E-state index contributed by atoms with van der Waals surface area (Å²) in [6.07, 6.45) is 27.1. The van der Waals surface area contributed by atoms with Crippen molar-refractivity contribution in [2.45, 2.75) is 180 Å². The molecule has 0 saturated heterocycles. The fourth-order valence-corrected chi connectivity index (χ4v) is 6.05. The van der Waals surface area contributed by atoms with Gasteiger partial charge in [0.15, 0.2) is 6.10 Å². The van der Waals surface area contributed by atoms with Crippen molar-refractivity contribution in [2.24, 2.45) is 0 Å². The molecule has 0 aliphatic heterocycles. The van der Waals surface area contributed by atoms with E-state index in [0.29, 0.717) is 23.9 Å². The molecule has 0 heterocycles. The quantitative estimate of drug-likeness (QED) is 0.0303. The molecule has 47 heavy (non-hydrogen) atoms. The normalized spacial score (nSPS) is 13.7. The summed E-state index contributed by atoms with van der Waals surface area (Å²) in [5.41, 5.74) is 0. The number of likely N-dealkylation sites (N-methyl/N-ethyl adjacent to an activating group) is 1. The highest BCUT2D eigenvalue weighted by molar-refractivity contribution is 7.47. The molecule has 0 aliphatic rings. The smallest absolute Gasteiger partial charge is 0.462 e. The van der Waals surface area contributed by atoms with E-state index in [0.717, 1.165) is 32.1 Å². The Kier molecular flexibility index (Phi) is 30.4. The number of carbonyl (C=O) groups is 2. The van der Waals surface area contributed by atoms with Crippen LogP contribution < -0.4 is 0 Å². The number of esters is 2. The maximum Gasteiger partial charge on any atom is 0.472 e. The Bertz CT molecular complexity index is 789. The third kappa shape index (κ3) is 34.7. The van der Waals surface area contributed by atoms with Gasteiger partial charge in [-0.3, -0.25) is 18.6 Å². The first-order chi connectivity index (χ1) is 22.5. The molecular weight excluding hydrogens is 617 g/mol. The van der Waals surface area contributed by atoms with Crippen molar-refractivity contribution in [3.8, 4) is 0 Å². The Labute approximate surface area is 289 Å². The van der Waals surface area contributed by atoms with E-state index < -0.39 is 26.5 Å². The number of quaternary nitrogens is 1. The van der Waals surface area contributed by atoms with Gasteiger partial charge in [0, 0.05) is 12.8 Å². The van der Waals surface area contributed by atoms with E-state index in [1.54, 1.807) is 0 Å². The van der Waals surface area contributed by atoms with Gasteiger partial charge >= 0.3 is 19.8 Å². The molecule has 0 fully saturated rings. The van der Waals surface area contributed by atoms with Gasteiger partial charge in [0.1, 0.15) is 19.8 Å². The van der Waals surface area contributed by atoms with Gasteiger partial charge in [-0.1, -0.05) is 149 Å². The number of hydrogen-bond donors (Lipinski definition) is 1. The van der Waals surface area contributed by atoms with Crippen LogP contribution in [-0.4, -0.2) is 74.9 Å². The minimum atomic E-state index is -4.36. The summed E-state index contributed by atoms with van der Waals surface area (Å²) in [6.45, 7) is 4.41. The lowest BCUT2D eigenvalue weighted by molar-refractivity contribution is -0.870. The number of nitrogens with zero attached hydrogens (tertiary/aromatic N) is 1. The molecule has 1 unspecified atom stereocenters. The predicted octanol–water partition coefficient (Wildman–Crippen LogP) is 10.1. The molecule has 0 spiro atoms. The van der Waals surface area contributed by atoms with Crippen molar-refractivity contribution in [2.75, 3.05) is 47.5 Å². The van der Waals surface area contributed by atoms with Crippen molar-refractivity contribution in [1.29, 1.82) is 0 Å². The third-order valence-corrected chi connectivity index (χ3v) is 9.37. The van der Waals surface area contributed by atoms with Gasteiger partial charge in [0.2, 0.25) is 0 Å². The number of ether oxygens (including phenoxy) is 2. The van der Waals surface area contributed by atoms with Gasteiger partial charge in [-0.25, -0.2) is 4.57 Å². The summed E-state index contributed by atoms with van der Waals surface area (Å²) >= 11 is 0. The first-order valence-corrected chi connectivity index (χ1v) is 20.8. The summed E-state index contributed by atoms with van der Waals surface area (Å²) in [5, 5.41) is 0. The number of unbranched alkanes of at least 4 members (excludes halogenated alkanes) is 21. The molecule has 280 valence electrons. The number of phosphoric ester groups is 1. The summed E-state index contributed by atoms with van der Waals surface area (Å²) in [7, 11) is 1.49. The second-order valence-electron chi connectivity index (χ2n) is 14.3. The molecule has 0 amide bonds. The molecule has 0 radical (unpaired) electrons. The van der Waals surface area contributed by atoms with Crippen molar-refractivity contribution in [3.63, 3.8) is 0 Å². The lowest BCUT2D eigenvalue weighted by atomic mass is 10.0. The zero-order valence-electron chi connectivity index (χ0n) is 31.3.